The molecule has 0 spiro atoms. The molecule has 8 nitrogen and oxygen atoms in total. The van der Waals surface area contributed by atoms with Gasteiger partial charge in [-0.3, -0.25) is 0 Å². The van der Waals surface area contributed by atoms with Crippen LogP contribution in [-0.4, -0.2) is 29.8 Å². The first kappa shape index (κ1) is 18.4. The van der Waals surface area contributed by atoms with Gasteiger partial charge in [0.2, 0.25) is 5.82 Å². The Bertz CT molecular complexity index is 937. The van der Waals surface area contributed by atoms with E-state index in [1.54, 1.807) is 6.92 Å². The Kier molecular flexibility index (Phi) is 5.34. The van der Waals surface area contributed by atoms with E-state index >= 15 is 0 Å². The summed E-state index contributed by atoms with van der Waals surface area (Å²) in [4.78, 5) is 16.0. The van der Waals surface area contributed by atoms with Crippen LogP contribution in [0.25, 0.3) is 11.4 Å². The lowest BCUT2D eigenvalue weighted by Gasteiger charge is -2.10. The predicted octanol–water partition coefficient (Wildman–Crippen LogP) is 3.61. The second-order valence-electron chi connectivity index (χ2n) is 5.22. The number of benzene rings is 1. The summed E-state index contributed by atoms with van der Waals surface area (Å²) >= 11 is 0. The fourth-order valence-corrected chi connectivity index (χ4v) is 2.23. The summed E-state index contributed by atoms with van der Waals surface area (Å²) in [6, 6.07) is 5.69. The van der Waals surface area contributed by atoms with Crippen LogP contribution >= 0.6 is 0 Å². The zero-order valence-corrected chi connectivity index (χ0v) is 14.3. The molecule has 10 heteroatoms. The minimum absolute atomic E-state index is 0.0615. The summed E-state index contributed by atoms with van der Waals surface area (Å²) in [5, 5.41) is 3.77. The molecule has 1 aromatic carbocycles. The van der Waals surface area contributed by atoms with Gasteiger partial charge in [-0.2, -0.15) is 13.8 Å². The van der Waals surface area contributed by atoms with Crippen LogP contribution in [-0.2, 0) is 11.3 Å². The van der Waals surface area contributed by atoms with Crippen LogP contribution < -0.4 is 9.47 Å². The average molecular weight is 380 g/mol. The number of nitrogens with zero attached hydrogens (tertiary/aromatic N) is 2. The van der Waals surface area contributed by atoms with E-state index in [4.69, 9.17) is 18.4 Å². The summed E-state index contributed by atoms with van der Waals surface area (Å²) in [6.07, 6.45) is 1.38. The van der Waals surface area contributed by atoms with E-state index in [-0.39, 0.29) is 29.8 Å². The fraction of sp³-hybridized carbons (Fsp3) is 0.235. The number of rotatable bonds is 7. The van der Waals surface area contributed by atoms with Crippen molar-refractivity contribution in [3.8, 4) is 22.9 Å². The van der Waals surface area contributed by atoms with Gasteiger partial charge in [0.1, 0.15) is 11.3 Å². The zero-order chi connectivity index (χ0) is 19.4. The number of esters is 1. The van der Waals surface area contributed by atoms with Gasteiger partial charge < -0.3 is 23.2 Å². The number of carbonyl (C=O) groups excluding carboxylic acids is 1. The van der Waals surface area contributed by atoms with Crippen molar-refractivity contribution in [1.29, 1.82) is 0 Å². The molecule has 0 aliphatic rings. The van der Waals surface area contributed by atoms with Gasteiger partial charge >= 0.3 is 12.6 Å². The van der Waals surface area contributed by atoms with Crippen molar-refractivity contribution < 1.29 is 36.7 Å². The molecule has 0 saturated heterocycles. The summed E-state index contributed by atoms with van der Waals surface area (Å²) in [5.41, 5.74) is 0.745. The number of hydrogen-bond donors (Lipinski definition) is 0. The Labute approximate surface area is 151 Å². The number of alkyl halides is 2. The molecule has 3 rings (SSSR count). The number of ether oxygens (including phenoxy) is 3. The SMILES string of the molecule is COc1cc(-c2noc(COC(=O)c3ccoc3C)n2)ccc1OC(F)F. The number of aromatic nitrogens is 2. The Hall–Kier alpha value is -3.43. The van der Waals surface area contributed by atoms with E-state index in [2.05, 4.69) is 14.9 Å². The van der Waals surface area contributed by atoms with E-state index in [0.717, 1.165) is 0 Å². The summed E-state index contributed by atoms with van der Waals surface area (Å²) in [7, 11) is 1.32. The van der Waals surface area contributed by atoms with Crippen molar-refractivity contribution >= 4 is 5.97 Å². The monoisotopic (exact) mass is 380 g/mol. The van der Waals surface area contributed by atoms with Crippen LogP contribution in [0.4, 0.5) is 8.78 Å². The molecule has 0 saturated carbocycles. The first-order chi connectivity index (χ1) is 13.0. The fourth-order valence-electron chi connectivity index (χ4n) is 2.23. The summed E-state index contributed by atoms with van der Waals surface area (Å²) in [6.45, 7) is -1.58. The molecule has 142 valence electrons. The van der Waals surface area contributed by atoms with E-state index in [0.29, 0.717) is 16.9 Å². The second-order valence-corrected chi connectivity index (χ2v) is 5.22. The molecule has 27 heavy (non-hydrogen) atoms. The maximum absolute atomic E-state index is 12.4. The first-order valence-electron chi connectivity index (χ1n) is 7.65. The lowest BCUT2D eigenvalue weighted by atomic mass is 10.2. The Morgan fingerprint density at radius 2 is 2.07 bits per heavy atom. The summed E-state index contributed by atoms with van der Waals surface area (Å²) < 4.78 is 49.3. The number of methoxy groups -OCH3 is 1. The minimum atomic E-state index is -2.98. The van der Waals surface area contributed by atoms with Gasteiger partial charge in [0.05, 0.1) is 13.4 Å². The normalized spacial score (nSPS) is 10.9. The standard InChI is InChI=1S/C17H14F2N2O6/c1-9-11(5-6-24-9)16(22)25-8-14-20-15(21-27-14)10-3-4-12(26-17(18)19)13(7-10)23-2/h3-7,17H,8H2,1-2H3. The molecule has 0 N–H and O–H groups in total. The van der Waals surface area contributed by atoms with Gasteiger partial charge in [0, 0.05) is 5.56 Å². The second kappa shape index (κ2) is 7.85. The van der Waals surface area contributed by atoms with Crippen LogP contribution in [0.2, 0.25) is 0 Å². The number of furan rings is 1. The molecule has 0 aliphatic heterocycles. The van der Waals surface area contributed by atoms with E-state index in [9.17, 15) is 13.6 Å². The number of aryl methyl sites for hydroxylation is 1. The van der Waals surface area contributed by atoms with E-state index in [1.165, 1.54) is 37.6 Å². The highest BCUT2D eigenvalue weighted by atomic mass is 19.3. The lowest BCUT2D eigenvalue weighted by molar-refractivity contribution is -0.0512. The third-order valence-corrected chi connectivity index (χ3v) is 3.51. The van der Waals surface area contributed by atoms with Gasteiger partial charge in [-0.05, 0) is 31.2 Å². The largest absolute Gasteiger partial charge is 0.493 e. The molecule has 0 amide bonds. The smallest absolute Gasteiger partial charge is 0.387 e. The molecule has 0 aliphatic carbocycles. The van der Waals surface area contributed by atoms with Crippen molar-refractivity contribution in [2.75, 3.05) is 7.11 Å². The van der Waals surface area contributed by atoms with Crippen LogP contribution in [0.15, 0.2) is 39.5 Å². The Morgan fingerprint density at radius 3 is 2.74 bits per heavy atom. The van der Waals surface area contributed by atoms with Gasteiger partial charge in [-0.1, -0.05) is 5.16 Å². The van der Waals surface area contributed by atoms with Gasteiger partial charge in [-0.25, -0.2) is 4.79 Å². The average Bonchev–Trinajstić information content (AvgIpc) is 3.28. The predicted molar refractivity (Wildman–Crippen MR) is 85.5 cm³/mol. The van der Waals surface area contributed by atoms with Crippen LogP contribution in [0.3, 0.4) is 0 Å². The molecule has 2 heterocycles. The van der Waals surface area contributed by atoms with Crippen LogP contribution in [0.1, 0.15) is 22.0 Å². The molecule has 2 aromatic heterocycles. The Balaban J connectivity index is 1.70. The van der Waals surface area contributed by atoms with Gasteiger partial charge in [0.15, 0.2) is 18.1 Å². The highest BCUT2D eigenvalue weighted by Gasteiger charge is 2.17. The minimum Gasteiger partial charge on any atom is -0.493 e. The maximum Gasteiger partial charge on any atom is 0.387 e. The van der Waals surface area contributed by atoms with E-state index < -0.39 is 12.6 Å². The quantitative estimate of drug-likeness (QED) is 0.574. The molecule has 0 atom stereocenters. The van der Waals surface area contributed by atoms with Crippen LogP contribution in [0.5, 0.6) is 11.5 Å². The highest BCUT2D eigenvalue weighted by molar-refractivity contribution is 5.90. The Morgan fingerprint density at radius 1 is 1.26 bits per heavy atom. The van der Waals surface area contributed by atoms with Gasteiger partial charge in [-0.15, -0.1) is 0 Å². The van der Waals surface area contributed by atoms with E-state index in [1.807, 2.05) is 0 Å². The van der Waals surface area contributed by atoms with Crippen LogP contribution in [0, 0.1) is 6.92 Å². The number of hydrogen-bond acceptors (Lipinski definition) is 8. The molecule has 0 radical (unpaired) electrons. The third kappa shape index (κ3) is 4.22. The van der Waals surface area contributed by atoms with Crippen molar-refractivity contribution in [3.05, 3.63) is 47.7 Å². The summed E-state index contributed by atoms with van der Waals surface area (Å²) in [5.74, 6) is 0.0415. The van der Waals surface area contributed by atoms with Crippen molar-refractivity contribution in [2.24, 2.45) is 0 Å². The molecule has 0 fully saturated rings. The molecular formula is C17H14F2N2O6. The molecule has 0 bridgehead atoms. The third-order valence-electron chi connectivity index (χ3n) is 3.51. The lowest BCUT2D eigenvalue weighted by Crippen LogP contribution is -2.05. The van der Waals surface area contributed by atoms with Crippen molar-refractivity contribution in [3.63, 3.8) is 0 Å². The zero-order valence-electron chi connectivity index (χ0n) is 14.3. The number of halogens is 2. The van der Waals surface area contributed by atoms with Crippen molar-refractivity contribution in [1.82, 2.24) is 10.1 Å². The topological polar surface area (TPSA) is 96.8 Å². The maximum atomic E-state index is 12.4. The van der Waals surface area contributed by atoms with Gasteiger partial charge in [0.25, 0.3) is 5.89 Å². The molecule has 3 aromatic rings. The highest BCUT2D eigenvalue weighted by Crippen LogP contribution is 2.32. The molecule has 0 unspecified atom stereocenters. The number of carbonyl (C=O) groups is 1. The van der Waals surface area contributed by atoms with Crippen molar-refractivity contribution in [2.45, 2.75) is 20.1 Å². The first-order valence-corrected chi connectivity index (χ1v) is 7.65. The molecular weight excluding hydrogens is 366 g/mol.